The number of ether oxygens (including phenoxy) is 1. The molecule has 4 nitrogen and oxygen atoms in total. The molecule has 94 valence electrons. The number of rotatable bonds is 4. The minimum Gasteiger partial charge on any atom is -0.381 e. The molecular weight excluding hydrogens is 204 g/mol. The molecule has 0 aromatic rings. The number of nitrogens with two attached hydrogens (primary N) is 1. The molecule has 1 rings (SSSR count). The number of hydrogen-bond donors (Lipinski definition) is 2. The van der Waals surface area contributed by atoms with Gasteiger partial charge >= 0.3 is 0 Å². The smallest absolute Gasteiger partial charge is 0.226 e. The van der Waals surface area contributed by atoms with Crippen molar-refractivity contribution in [2.75, 3.05) is 26.3 Å². The first-order valence-electron chi connectivity index (χ1n) is 5.96. The molecule has 1 aliphatic heterocycles. The third-order valence-electron chi connectivity index (χ3n) is 3.50. The van der Waals surface area contributed by atoms with Crippen LogP contribution in [0, 0.1) is 10.8 Å². The number of carbonyl (C=O) groups excluding carboxylic acids is 1. The molecule has 0 aromatic heterocycles. The summed E-state index contributed by atoms with van der Waals surface area (Å²) in [5, 5.41) is 3.01. The zero-order valence-electron chi connectivity index (χ0n) is 10.6. The van der Waals surface area contributed by atoms with Gasteiger partial charge in [-0.25, -0.2) is 0 Å². The molecule has 3 N–H and O–H groups in total. The summed E-state index contributed by atoms with van der Waals surface area (Å²) in [5.74, 6) is 0.0442. The van der Waals surface area contributed by atoms with E-state index in [-0.39, 0.29) is 11.3 Å². The van der Waals surface area contributed by atoms with E-state index in [9.17, 15) is 4.79 Å². The fourth-order valence-corrected chi connectivity index (χ4v) is 1.67. The zero-order valence-corrected chi connectivity index (χ0v) is 10.6. The maximum absolute atomic E-state index is 11.9. The van der Waals surface area contributed by atoms with E-state index in [1.807, 2.05) is 13.8 Å². The van der Waals surface area contributed by atoms with E-state index < -0.39 is 5.41 Å². The van der Waals surface area contributed by atoms with Gasteiger partial charge in [-0.1, -0.05) is 6.92 Å². The molecule has 0 unspecified atom stereocenters. The quantitative estimate of drug-likeness (QED) is 0.751. The highest BCUT2D eigenvalue weighted by Crippen LogP contribution is 2.29. The van der Waals surface area contributed by atoms with Gasteiger partial charge in [0.1, 0.15) is 0 Å². The van der Waals surface area contributed by atoms with Gasteiger partial charge < -0.3 is 15.8 Å². The summed E-state index contributed by atoms with van der Waals surface area (Å²) in [4.78, 5) is 11.9. The Bertz CT molecular complexity index is 245. The first-order valence-corrected chi connectivity index (χ1v) is 5.96. The summed E-state index contributed by atoms with van der Waals surface area (Å²) in [5.41, 5.74) is 5.28. The second-order valence-electron chi connectivity index (χ2n) is 5.69. The van der Waals surface area contributed by atoms with E-state index in [1.54, 1.807) is 0 Å². The minimum atomic E-state index is -0.471. The van der Waals surface area contributed by atoms with Crippen molar-refractivity contribution in [2.24, 2.45) is 16.6 Å². The normalized spacial score (nSPS) is 20.5. The van der Waals surface area contributed by atoms with Crippen molar-refractivity contribution in [3.05, 3.63) is 0 Å². The number of amides is 1. The molecule has 1 heterocycles. The molecule has 0 saturated carbocycles. The predicted molar refractivity (Wildman–Crippen MR) is 64.0 cm³/mol. The van der Waals surface area contributed by atoms with Crippen molar-refractivity contribution in [2.45, 2.75) is 33.6 Å². The number of carbonyl (C=O) groups is 1. The van der Waals surface area contributed by atoms with Crippen molar-refractivity contribution in [1.82, 2.24) is 5.32 Å². The largest absolute Gasteiger partial charge is 0.381 e. The third kappa shape index (κ3) is 3.46. The van der Waals surface area contributed by atoms with E-state index in [2.05, 4.69) is 12.2 Å². The van der Waals surface area contributed by atoms with Crippen LogP contribution in [0.1, 0.15) is 33.6 Å². The molecule has 0 bridgehead atoms. The summed E-state index contributed by atoms with van der Waals surface area (Å²) in [6, 6.07) is 0. The Morgan fingerprint density at radius 2 is 2.00 bits per heavy atom. The van der Waals surface area contributed by atoms with Crippen LogP contribution in [0.5, 0.6) is 0 Å². The van der Waals surface area contributed by atoms with Gasteiger partial charge in [0, 0.05) is 26.3 Å². The van der Waals surface area contributed by atoms with E-state index in [0.717, 1.165) is 32.6 Å². The Kier molecular flexibility index (Phi) is 4.33. The molecule has 0 atom stereocenters. The van der Waals surface area contributed by atoms with Gasteiger partial charge in [0.2, 0.25) is 5.91 Å². The van der Waals surface area contributed by atoms with Gasteiger partial charge in [-0.3, -0.25) is 4.79 Å². The van der Waals surface area contributed by atoms with Crippen LogP contribution in [0.4, 0.5) is 0 Å². The van der Waals surface area contributed by atoms with Crippen LogP contribution in [0.15, 0.2) is 0 Å². The van der Waals surface area contributed by atoms with Gasteiger partial charge in [0.15, 0.2) is 0 Å². The lowest BCUT2D eigenvalue weighted by Gasteiger charge is -2.34. The number of hydrogen-bond acceptors (Lipinski definition) is 3. The molecular formula is C12H24N2O2. The van der Waals surface area contributed by atoms with Crippen LogP contribution in [0.3, 0.4) is 0 Å². The molecule has 1 aliphatic rings. The van der Waals surface area contributed by atoms with Crippen LogP contribution < -0.4 is 11.1 Å². The van der Waals surface area contributed by atoms with Gasteiger partial charge in [0.05, 0.1) is 5.41 Å². The van der Waals surface area contributed by atoms with Gasteiger partial charge in [0.25, 0.3) is 0 Å². The van der Waals surface area contributed by atoms with Crippen molar-refractivity contribution in [3.63, 3.8) is 0 Å². The van der Waals surface area contributed by atoms with Crippen molar-refractivity contribution >= 4 is 5.91 Å². The summed E-state index contributed by atoms with van der Waals surface area (Å²) in [6.45, 7) is 8.63. The molecule has 1 fully saturated rings. The van der Waals surface area contributed by atoms with E-state index in [0.29, 0.717) is 6.54 Å². The molecule has 1 amide bonds. The van der Waals surface area contributed by atoms with Crippen LogP contribution in [0.2, 0.25) is 0 Å². The molecule has 0 aliphatic carbocycles. The fraction of sp³-hybridized carbons (Fsp3) is 0.917. The maximum Gasteiger partial charge on any atom is 0.226 e. The Morgan fingerprint density at radius 3 is 2.50 bits per heavy atom. The molecule has 0 spiro atoms. The van der Waals surface area contributed by atoms with Gasteiger partial charge in [-0.05, 0) is 32.1 Å². The molecule has 1 saturated heterocycles. The maximum atomic E-state index is 11.9. The van der Waals surface area contributed by atoms with Crippen molar-refractivity contribution < 1.29 is 9.53 Å². The van der Waals surface area contributed by atoms with Crippen LogP contribution in [-0.4, -0.2) is 32.2 Å². The lowest BCUT2D eigenvalue weighted by Crippen LogP contribution is -2.46. The van der Waals surface area contributed by atoms with E-state index >= 15 is 0 Å². The Morgan fingerprint density at radius 1 is 1.44 bits per heavy atom. The lowest BCUT2D eigenvalue weighted by atomic mass is 9.82. The Labute approximate surface area is 97.9 Å². The summed E-state index contributed by atoms with van der Waals surface area (Å²) < 4.78 is 5.33. The standard InChI is InChI=1S/C12H24N2O2/c1-11(2,8-13)10(15)14-9-12(3)4-6-16-7-5-12/h4-9,13H2,1-3H3,(H,14,15). The highest BCUT2D eigenvalue weighted by Gasteiger charge is 2.31. The van der Waals surface area contributed by atoms with Crippen molar-refractivity contribution in [1.29, 1.82) is 0 Å². The average molecular weight is 228 g/mol. The average Bonchev–Trinajstić information content (AvgIpc) is 2.27. The first kappa shape index (κ1) is 13.5. The highest BCUT2D eigenvalue weighted by molar-refractivity contribution is 5.82. The highest BCUT2D eigenvalue weighted by atomic mass is 16.5. The monoisotopic (exact) mass is 228 g/mol. The lowest BCUT2D eigenvalue weighted by molar-refractivity contribution is -0.129. The SMILES string of the molecule is CC1(CNC(=O)C(C)(C)CN)CCOCC1. The molecule has 4 heteroatoms. The second kappa shape index (κ2) is 5.15. The topological polar surface area (TPSA) is 64.4 Å². The second-order valence-corrected chi connectivity index (χ2v) is 5.69. The predicted octanol–water partition coefficient (Wildman–Crippen LogP) is 0.904. The van der Waals surface area contributed by atoms with Gasteiger partial charge in [-0.2, -0.15) is 0 Å². The molecule has 0 aromatic carbocycles. The first-order chi connectivity index (χ1) is 7.40. The fourth-order valence-electron chi connectivity index (χ4n) is 1.67. The number of nitrogens with one attached hydrogen (secondary N) is 1. The Hall–Kier alpha value is -0.610. The minimum absolute atomic E-state index is 0.0442. The zero-order chi connectivity index (χ0) is 12.2. The summed E-state index contributed by atoms with van der Waals surface area (Å²) in [7, 11) is 0. The summed E-state index contributed by atoms with van der Waals surface area (Å²) >= 11 is 0. The van der Waals surface area contributed by atoms with E-state index in [4.69, 9.17) is 10.5 Å². The molecule has 0 radical (unpaired) electrons. The van der Waals surface area contributed by atoms with Crippen molar-refractivity contribution in [3.8, 4) is 0 Å². The van der Waals surface area contributed by atoms with Gasteiger partial charge in [-0.15, -0.1) is 0 Å². The Balaban J connectivity index is 2.41. The summed E-state index contributed by atoms with van der Waals surface area (Å²) in [6.07, 6.45) is 2.02. The van der Waals surface area contributed by atoms with Crippen LogP contribution in [0.25, 0.3) is 0 Å². The molecule has 16 heavy (non-hydrogen) atoms. The van der Waals surface area contributed by atoms with Crippen LogP contribution in [-0.2, 0) is 9.53 Å². The van der Waals surface area contributed by atoms with Crippen LogP contribution >= 0.6 is 0 Å². The van der Waals surface area contributed by atoms with E-state index in [1.165, 1.54) is 0 Å². The third-order valence-corrected chi connectivity index (χ3v) is 3.50.